The summed E-state index contributed by atoms with van der Waals surface area (Å²) in [5.74, 6) is -0.975. The molecule has 0 N–H and O–H groups in total. The number of pyridine rings is 1. The Morgan fingerprint density at radius 1 is 1.33 bits per heavy atom. The van der Waals surface area contributed by atoms with Crippen molar-refractivity contribution >= 4 is 15.9 Å². The zero-order valence-electron chi connectivity index (χ0n) is 5.49. The first-order chi connectivity index (χ1) is 5.43. The van der Waals surface area contributed by atoms with Crippen LogP contribution in [0.1, 0.15) is 5.69 Å². The van der Waals surface area contributed by atoms with Gasteiger partial charge in [-0.1, -0.05) is 0 Å². The number of hydrogen-bond acceptors (Lipinski definition) is 1. The van der Waals surface area contributed by atoms with E-state index >= 15 is 0 Å². The predicted octanol–water partition coefficient (Wildman–Crippen LogP) is 3.00. The molecular formula is C6H2BrF4N. The summed E-state index contributed by atoms with van der Waals surface area (Å²) < 4.78 is 47.8. The average Bonchev–Trinajstić information content (AvgIpc) is 1.92. The van der Waals surface area contributed by atoms with Gasteiger partial charge in [0.2, 0.25) is 0 Å². The van der Waals surface area contributed by atoms with Gasteiger partial charge in [0.05, 0.1) is 4.47 Å². The van der Waals surface area contributed by atoms with Gasteiger partial charge in [-0.2, -0.15) is 13.2 Å². The molecule has 0 spiro atoms. The molecule has 0 radical (unpaired) electrons. The van der Waals surface area contributed by atoms with Gasteiger partial charge >= 0.3 is 6.18 Å². The third-order valence-electron chi connectivity index (χ3n) is 1.11. The van der Waals surface area contributed by atoms with E-state index in [2.05, 4.69) is 20.9 Å². The molecule has 6 heteroatoms. The monoisotopic (exact) mass is 243 g/mol. The van der Waals surface area contributed by atoms with Crippen LogP contribution in [0.4, 0.5) is 17.6 Å². The van der Waals surface area contributed by atoms with E-state index in [1.807, 2.05) is 0 Å². The molecule has 0 fully saturated rings. The van der Waals surface area contributed by atoms with E-state index in [0.29, 0.717) is 0 Å². The Labute approximate surface area is 73.5 Å². The van der Waals surface area contributed by atoms with Crippen molar-refractivity contribution in [3.63, 3.8) is 0 Å². The van der Waals surface area contributed by atoms with E-state index in [1.165, 1.54) is 0 Å². The molecule has 0 aromatic carbocycles. The van der Waals surface area contributed by atoms with Crippen LogP contribution in [-0.4, -0.2) is 4.98 Å². The van der Waals surface area contributed by atoms with E-state index in [0.717, 1.165) is 12.3 Å². The number of halogens is 5. The second-order valence-electron chi connectivity index (χ2n) is 1.95. The van der Waals surface area contributed by atoms with Crippen molar-refractivity contribution in [1.29, 1.82) is 0 Å². The molecule has 0 aliphatic carbocycles. The Bertz CT molecular complexity index is 296. The lowest BCUT2D eigenvalue weighted by molar-refractivity contribution is -0.142. The van der Waals surface area contributed by atoms with Crippen molar-refractivity contribution in [2.75, 3.05) is 0 Å². The van der Waals surface area contributed by atoms with Gasteiger partial charge in [0, 0.05) is 6.20 Å². The summed E-state index contributed by atoms with van der Waals surface area (Å²) in [6, 6.07) is 0.847. The SMILES string of the molecule is Fc1ccnc(C(F)(F)F)c1Br. The molecule has 0 bridgehead atoms. The fraction of sp³-hybridized carbons (Fsp3) is 0.167. The highest BCUT2D eigenvalue weighted by Gasteiger charge is 2.35. The molecular weight excluding hydrogens is 242 g/mol. The Morgan fingerprint density at radius 3 is 2.33 bits per heavy atom. The summed E-state index contributed by atoms with van der Waals surface area (Å²) in [6.45, 7) is 0. The predicted molar refractivity (Wildman–Crippen MR) is 36.9 cm³/mol. The molecule has 1 heterocycles. The minimum atomic E-state index is -4.62. The minimum Gasteiger partial charge on any atom is -0.250 e. The highest BCUT2D eigenvalue weighted by atomic mass is 79.9. The van der Waals surface area contributed by atoms with E-state index in [1.54, 1.807) is 0 Å². The Balaban J connectivity index is 3.26. The van der Waals surface area contributed by atoms with Crippen LogP contribution >= 0.6 is 15.9 Å². The zero-order valence-corrected chi connectivity index (χ0v) is 7.08. The minimum absolute atomic E-state index is 0.655. The largest absolute Gasteiger partial charge is 0.434 e. The van der Waals surface area contributed by atoms with Crippen molar-refractivity contribution in [2.45, 2.75) is 6.18 Å². The number of nitrogens with zero attached hydrogens (tertiary/aromatic N) is 1. The summed E-state index contributed by atoms with van der Waals surface area (Å²) in [4.78, 5) is 3.00. The molecule has 12 heavy (non-hydrogen) atoms. The molecule has 0 atom stereocenters. The zero-order chi connectivity index (χ0) is 9.35. The summed E-state index contributed by atoms with van der Waals surface area (Å²) in [6.07, 6.45) is -3.86. The molecule has 66 valence electrons. The number of rotatable bonds is 0. The maximum atomic E-state index is 12.5. The molecule has 1 nitrogen and oxygen atoms in total. The second-order valence-corrected chi connectivity index (χ2v) is 2.75. The van der Waals surface area contributed by atoms with E-state index in [9.17, 15) is 17.6 Å². The standard InChI is InChI=1S/C6H2BrF4N/c7-4-3(8)1-2-12-5(4)6(9,10)11/h1-2H. The van der Waals surface area contributed by atoms with Crippen molar-refractivity contribution in [3.05, 3.63) is 28.2 Å². The highest BCUT2D eigenvalue weighted by Crippen LogP contribution is 2.33. The molecule has 0 aliphatic heterocycles. The third-order valence-corrected chi connectivity index (χ3v) is 1.86. The summed E-state index contributed by atoms with van der Waals surface area (Å²) in [5, 5.41) is 0. The van der Waals surface area contributed by atoms with Gasteiger partial charge in [0.25, 0.3) is 0 Å². The molecule has 0 unspecified atom stereocenters. The van der Waals surface area contributed by atoms with Crippen LogP contribution in [0, 0.1) is 5.82 Å². The van der Waals surface area contributed by atoms with Crippen molar-refractivity contribution in [1.82, 2.24) is 4.98 Å². The second kappa shape index (κ2) is 3.01. The van der Waals surface area contributed by atoms with E-state index < -0.39 is 22.2 Å². The van der Waals surface area contributed by atoms with Crippen LogP contribution in [0.3, 0.4) is 0 Å². The third kappa shape index (κ3) is 1.74. The molecule has 1 aromatic heterocycles. The van der Waals surface area contributed by atoms with E-state index in [-0.39, 0.29) is 0 Å². The Morgan fingerprint density at radius 2 is 1.92 bits per heavy atom. The topological polar surface area (TPSA) is 12.9 Å². The lowest BCUT2D eigenvalue weighted by atomic mass is 10.3. The van der Waals surface area contributed by atoms with Gasteiger partial charge in [0.1, 0.15) is 5.82 Å². The highest BCUT2D eigenvalue weighted by molar-refractivity contribution is 9.10. The normalized spacial score (nSPS) is 11.8. The molecule has 0 saturated heterocycles. The molecule has 0 saturated carbocycles. The first-order valence-electron chi connectivity index (χ1n) is 2.80. The fourth-order valence-electron chi connectivity index (χ4n) is 0.618. The Kier molecular flexibility index (Phi) is 2.36. The Hall–Kier alpha value is -0.650. The van der Waals surface area contributed by atoms with Crippen LogP contribution in [-0.2, 0) is 6.18 Å². The maximum absolute atomic E-state index is 12.5. The van der Waals surface area contributed by atoms with Gasteiger partial charge in [-0.05, 0) is 22.0 Å². The van der Waals surface area contributed by atoms with Gasteiger partial charge in [-0.15, -0.1) is 0 Å². The quantitative estimate of drug-likeness (QED) is 0.639. The van der Waals surface area contributed by atoms with Crippen LogP contribution in [0.5, 0.6) is 0 Å². The van der Waals surface area contributed by atoms with Crippen molar-refractivity contribution < 1.29 is 17.6 Å². The molecule has 0 amide bonds. The van der Waals surface area contributed by atoms with E-state index in [4.69, 9.17) is 0 Å². The van der Waals surface area contributed by atoms with Gasteiger partial charge in [-0.3, -0.25) is 4.98 Å². The number of aromatic nitrogens is 1. The van der Waals surface area contributed by atoms with Crippen molar-refractivity contribution in [3.8, 4) is 0 Å². The molecule has 1 rings (SSSR count). The first kappa shape index (κ1) is 9.44. The van der Waals surface area contributed by atoms with Crippen molar-refractivity contribution in [2.24, 2.45) is 0 Å². The summed E-state index contributed by atoms with van der Waals surface area (Å²) in [7, 11) is 0. The maximum Gasteiger partial charge on any atom is 0.434 e. The lowest BCUT2D eigenvalue weighted by Gasteiger charge is -2.06. The lowest BCUT2D eigenvalue weighted by Crippen LogP contribution is -2.09. The molecule has 1 aromatic rings. The first-order valence-corrected chi connectivity index (χ1v) is 3.59. The fourth-order valence-corrected chi connectivity index (χ4v) is 1.08. The van der Waals surface area contributed by atoms with Crippen LogP contribution in [0.15, 0.2) is 16.7 Å². The number of hydrogen-bond donors (Lipinski definition) is 0. The van der Waals surface area contributed by atoms with Crippen LogP contribution in [0.2, 0.25) is 0 Å². The summed E-state index contributed by atoms with van der Waals surface area (Å²) >= 11 is 2.46. The van der Waals surface area contributed by atoms with Gasteiger partial charge < -0.3 is 0 Å². The molecule has 0 aliphatic rings. The van der Waals surface area contributed by atoms with Crippen LogP contribution in [0.25, 0.3) is 0 Å². The average molecular weight is 244 g/mol. The smallest absolute Gasteiger partial charge is 0.250 e. The number of alkyl halides is 3. The van der Waals surface area contributed by atoms with Gasteiger partial charge in [-0.25, -0.2) is 4.39 Å². The van der Waals surface area contributed by atoms with Gasteiger partial charge in [0.15, 0.2) is 5.69 Å². The summed E-state index contributed by atoms with van der Waals surface area (Å²) in [5.41, 5.74) is -1.25. The van der Waals surface area contributed by atoms with Crippen LogP contribution < -0.4 is 0 Å².